The molecule has 0 saturated carbocycles. The maximum atomic E-state index is 11.8. The maximum Gasteiger partial charge on any atom is 0.339 e. The van der Waals surface area contributed by atoms with Gasteiger partial charge in [-0.25, -0.2) is 9.78 Å². The van der Waals surface area contributed by atoms with E-state index in [1.54, 1.807) is 13.0 Å². The Balaban J connectivity index is 1.76. The Bertz CT molecular complexity index is 676. The highest BCUT2D eigenvalue weighted by Gasteiger charge is 2.37. The van der Waals surface area contributed by atoms with Crippen molar-refractivity contribution in [3.63, 3.8) is 0 Å². The Labute approximate surface area is 143 Å². The number of piperidine rings is 1. The number of carbonyl (C=O) groups is 1. The van der Waals surface area contributed by atoms with Gasteiger partial charge in [0.2, 0.25) is 0 Å². The summed E-state index contributed by atoms with van der Waals surface area (Å²) in [4.78, 5) is 21.0. The van der Waals surface area contributed by atoms with Crippen LogP contribution in [0.15, 0.2) is 6.07 Å². The fraction of sp³-hybridized carbons (Fsp3) is 0.611. The third-order valence-corrected chi connectivity index (χ3v) is 5.20. The predicted molar refractivity (Wildman–Crippen MR) is 91.0 cm³/mol. The molecule has 0 unspecified atom stereocenters. The minimum Gasteiger partial charge on any atom is -0.465 e. The molecular weight excluding hydrogens is 304 g/mol. The van der Waals surface area contributed by atoms with E-state index in [4.69, 9.17) is 4.74 Å². The van der Waals surface area contributed by atoms with E-state index in [0.717, 1.165) is 13.1 Å². The number of pyridine rings is 1. The number of esters is 1. The number of carbonyl (C=O) groups excluding carboxylic acids is 1. The molecular formula is C18H24N4O2. The number of hydrogen-bond acceptors (Lipinski definition) is 6. The second kappa shape index (κ2) is 6.78. The molecule has 0 spiro atoms. The Morgan fingerprint density at radius 3 is 2.79 bits per heavy atom. The molecule has 2 aliphatic rings. The van der Waals surface area contributed by atoms with Crippen molar-refractivity contribution in [2.75, 3.05) is 31.6 Å². The van der Waals surface area contributed by atoms with Crippen molar-refractivity contribution in [2.24, 2.45) is 0 Å². The Morgan fingerprint density at radius 2 is 2.17 bits per heavy atom. The highest BCUT2D eigenvalue weighted by atomic mass is 16.5. The molecule has 0 amide bonds. The number of aryl methyl sites for hydroxylation is 1. The monoisotopic (exact) mass is 328 g/mol. The van der Waals surface area contributed by atoms with Gasteiger partial charge in [-0.2, -0.15) is 5.26 Å². The average molecular weight is 328 g/mol. The first-order valence-corrected chi connectivity index (χ1v) is 8.56. The van der Waals surface area contributed by atoms with Crippen molar-refractivity contribution < 1.29 is 9.53 Å². The number of rotatable bonds is 3. The number of likely N-dealkylation sites (tertiary alicyclic amines) is 1. The van der Waals surface area contributed by atoms with Crippen LogP contribution in [0.4, 0.5) is 5.82 Å². The quantitative estimate of drug-likeness (QED) is 0.792. The van der Waals surface area contributed by atoms with Crippen molar-refractivity contribution >= 4 is 11.8 Å². The number of ether oxygens (including phenoxy) is 1. The van der Waals surface area contributed by atoms with E-state index in [0.29, 0.717) is 34.7 Å². The van der Waals surface area contributed by atoms with Crippen LogP contribution in [0.3, 0.4) is 0 Å². The topological polar surface area (TPSA) is 69.5 Å². The molecule has 0 radical (unpaired) electrons. The van der Waals surface area contributed by atoms with Crippen LogP contribution in [0.25, 0.3) is 0 Å². The van der Waals surface area contributed by atoms with Crippen LogP contribution in [0.2, 0.25) is 0 Å². The van der Waals surface area contributed by atoms with E-state index >= 15 is 0 Å². The van der Waals surface area contributed by atoms with E-state index in [-0.39, 0.29) is 0 Å². The fourth-order valence-corrected chi connectivity index (χ4v) is 3.73. The molecule has 2 fully saturated rings. The molecule has 1 aromatic rings. The minimum absolute atomic E-state index is 0.361. The summed E-state index contributed by atoms with van der Waals surface area (Å²) in [6.45, 7) is 7.03. The lowest BCUT2D eigenvalue weighted by Gasteiger charge is -2.49. The fourth-order valence-electron chi connectivity index (χ4n) is 3.73. The highest BCUT2D eigenvalue weighted by molar-refractivity contribution is 5.91. The molecule has 2 aliphatic heterocycles. The summed E-state index contributed by atoms with van der Waals surface area (Å²) in [6.07, 6.45) is 3.86. The summed E-state index contributed by atoms with van der Waals surface area (Å²) in [5.74, 6) is 0.232. The molecule has 6 heteroatoms. The molecule has 6 nitrogen and oxygen atoms in total. The Kier molecular flexibility index (Phi) is 4.72. The van der Waals surface area contributed by atoms with Gasteiger partial charge in [0.15, 0.2) is 0 Å². The molecule has 24 heavy (non-hydrogen) atoms. The molecule has 1 aromatic heterocycles. The molecule has 3 rings (SSSR count). The van der Waals surface area contributed by atoms with Crippen LogP contribution in [0.5, 0.6) is 0 Å². The van der Waals surface area contributed by atoms with Crippen molar-refractivity contribution in [2.45, 2.75) is 45.2 Å². The standard InChI is InChI=1S/C18H24N4O2/c1-12-6-4-5-7-22(12)15-10-21(11-15)17-14(9-19)8-16(13(2)20-17)18(23)24-3/h8,12,15H,4-7,10-11H2,1-3H3/t12-/m1/s1. The van der Waals surface area contributed by atoms with Gasteiger partial charge in [0.1, 0.15) is 11.9 Å². The number of methoxy groups -OCH3 is 1. The number of aromatic nitrogens is 1. The van der Waals surface area contributed by atoms with Crippen LogP contribution in [-0.4, -0.2) is 54.7 Å². The first-order valence-electron chi connectivity index (χ1n) is 8.56. The molecule has 0 bridgehead atoms. The SMILES string of the molecule is COC(=O)c1cc(C#N)c(N2CC(N3CCCC[C@H]3C)C2)nc1C. The van der Waals surface area contributed by atoms with Crippen LogP contribution in [0, 0.1) is 18.3 Å². The van der Waals surface area contributed by atoms with Crippen LogP contribution < -0.4 is 4.90 Å². The van der Waals surface area contributed by atoms with Gasteiger partial charge in [-0.3, -0.25) is 4.90 Å². The van der Waals surface area contributed by atoms with Gasteiger partial charge in [0.05, 0.1) is 23.9 Å². The zero-order chi connectivity index (χ0) is 17.3. The van der Waals surface area contributed by atoms with Gasteiger partial charge < -0.3 is 9.64 Å². The Morgan fingerprint density at radius 1 is 1.42 bits per heavy atom. The summed E-state index contributed by atoms with van der Waals surface area (Å²) in [5.41, 5.74) is 1.40. The number of nitrogens with zero attached hydrogens (tertiary/aromatic N) is 4. The number of hydrogen-bond donors (Lipinski definition) is 0. The highest BCUT2D eigenvalue weighted by Crippen LogP contribution is 2.30. The average Bonchev–Trinajstić information content (AvgIpc) is 2.54. The summed E-state index contributed by atoms with van der Waals surface area (Å²) in [7, 11) is 1.33. The summed E-state index contributed by atoms with van der Waals surface area (Å²) in [5, 5.41) is 9.43. The zero-order valence-electron chi connectivity index (χ0n) is 14.6. The molecule has 0 aromatic carbocycles. The van der Waals surface area contributed by atoms with Crippen molar-refractivity contribution in [1.82, 2.24) is 9.88 Å². The number of nitriles is 1. The number of anilines is 1. The molecule has 2 saturated heterocycles. The van der Waals surface area contributed by atoms with Gasteiger partial charge in [-0.05, 0) is 39.3 Å². The van der Waals surface area contributed by atoms with Crippen molar-refractivity contribution in [1.29, 1.82) is 5.26 Å². The summed E-state index contributed by atoms with van der Waals surface area (Å²) in [6, 6.07) is 4.94. The molecule has 0 N–H and O–H groups in total. The van der Waals surface area contributed by atoms with Gasteiger partial charge in [0.25, 0.3) is 0 Å². The largest absolute Gasteiger partial charge is 0.465 e. The molecule has 3 heterocycles. The second-order valence-corrected chi connectivity index (χ2v) is 6.74. The third-order valence-electron chi connectivity index (χ3n) is 5.20. The van der Waals surface area contributed by atoms with Gasteiger partial charge in [0, 0.05) is 25.2 Å². The summed E-state index contributed by atoms with van der Waals surface area (Å²) < 4.78 is 4.76. The smallest absolute Gasteiger partial charge is 0.339 e. The summed E-state index contributed by atoms with van der Waals surface area (Å²) >= 11 is 0. The molecule has 1 atom stereocenters. The van der Waals surface area contributed by atoms with Crippen molar-refractivity contribution in [3.05, 3.63) is 22.9 Å². The minimum atomic E-state index is -0.452. The first kappa shape index (κ1) is 16.7. The molecule has 0 aliphatic carbocycles. The second-order valence-electron chi connectivity index (χ2n) is 6.74. The lowest BCUT2D eigenvalue weighted by molar-refractivity contribution is 0.0599. The van der Waals surface area contributed by atoms with E-state index in [9.17, 15) is 10.1 Å². The first-order chi connectivity index (χ1) is 11.5. The third kappa shape index (κ3) is 2.96. The Hall–Kier alpha value is -2.13. The van der Waals surface area contributed by atoms with Gasteiger partial charge >= 0.3 is 5.97 Å². The van der Waals surface area contributed by atoms with E-state index in [1.165, 1.54) is 32.9 Å². The zero-order valence-corrected chi connectivity index (χ0v) is 14.6. The van der Waals surface area contributed by atoms with Crippen LogP contribution in [0.1, 0.15) is 47.8 Å². The van der Waals surface area contributed by atoms with Gasteiger partial charge in [-0.1, -0.05) is 6.42 Å². The predicted octanol–water partition coefficient (Wildman–Crippen LogP) is 2.11. The normalized spacial score (nSPS) is 21.9. The van der Waals surface area contributed by atoms with E-state index in [2.05, 4.69) is 27.8 Å². The van der Waals surface area contributed by atoms with E-state index in [1.807, 2.05) is 0 Å². The van der Waals surface area contributed by atoms with Crippen LogP contribution >= 0.6 is 0 Å². The lowest BCUT2D eigenvalue weighted by atomic mass is 9.97. The van der Waals surface area contributed by atoms with Crippen LogP contribution in [-0.2, 0) is 4.74 Å². The van der Waals surface area contributed by atoms with E-state index < -0.39 is 5.97 Å². The maximum absolute atomic E-state index is 11.8. The van der Waals surface area contributed by atoms with Gasteiger partial charge in [-0.15, -0.1) is 0 Å². The molecule has 128 valence electrons. The lowest BCUT2D eigenvalue weighted by Crippen LogP contribution is -2.62. The van der Waals surface area contributed by atoms with Crippen molar-refractivity contribution in [3.8, 4) is 6.07 Å².